The Morgan fingerprint density at radius 3 is 2.68 bits per heavy atom. The van der Waals surface area contributed by atoms with Gasteiger partial charge in [0.15, 0.2) is 0 Å². The van der Waals surface area contributed by atoms with Gasteiger partial charge in [-0.05, 0) is 30.5 Å². The predicted molar refractivity (Wildman–Crippen MR) is 77.1 cm³/mol. The summed E-state index contributed by atoms with van der Waals surface area (Å²) in [6.45, 7) is 9.19. The maximum atomic E-state index is 11.9. The lowest BCUT2D eigenvalue weighted by Gasteiger charge is -2.26. The molecule has 1 aliphatic rings. The maximum Gasteiger partial charge on any atom is 0.234 e. The third-order valence-corrected chi connectivity index (χ3v) is 3.64. The zero-order valence-electron chi connectivity index (χ0n) is 11.8. The largest absolute Gasteiger partial charge is 0.351 e. The van der Waals surface area contributed by atoms with Crippen LogP contribution in [0, 0.1) is 13.8 Å². The van der Waals surface area contributed by atoms with Gasteiger partial charge in [-0.1, -0.05) is 18.2 Å². The maximum absolute atomic E-state index is 11.9. The molecule has 1 fully saturated rings. The Bertz CT molecular complexity index is 439. The first-order valence-electron chi connectivity index (χ1n) is 6.91. The molecule has 0 atom stereocenters. The molecule has 0 bridgehead atoms. The zero-order chi connectivity index (χ0) is 13.7. The number of aryl methyl sites for hydroxylation is 2. The van der Waals surface area contributed by atoms with E-state index in [0.717, 1.165) is 31.7 Å². The predicted octanol–water partition coefficient (Wildman–Crippen LogP) is 0.825. The van der Waals surface area contributed by atoms with Gasteiger partial charge < -0.3 is 10.6 Å². The van der Waals surface area contributed by atoms with E-state index < -0.39 is 0 Å². The Kier molecular flexibility index (Phi) is 4.93. The second-order valence-electron chi connectivity index (χ2n) is 5.22. The number of rotatable bonds is 4. The third-order valence-electron chi connectivity index (χ3n) is 3.64. The van der Waals surface area contributed by atoms with E-state index in [9.17, 15) is 4.79 Å². The summed E-state index contributed by atoms with van der Waals surface area (Å²) in [4.78, 5) is 14.0. The van der Waals surface area contributed by atoms with Gasteiger partial charge in [0.25, 0.3) is 0 Å². The van der Waals surface area contributed by atoms with E-state index >= 15 is 0 Å². The van der Waals surface area contributed by atoms with E-state index in [1.165, 1.54) is 11.1 Å². The summed E-state index contributed by atoms with van der Waals surface area (Å²) in [6.07, 6.45) is 0. The van der Waals surface area contributed by atoms with Gasteiger partial charge in [-0.2, -0.15) is 0 Å². The highest BCUT2D eigenvalue weighted by Crippen LogP contribution is 2.09. The van der Waals surface area contributed by atoms with Crippen LogP contribution in [0.15, 0.2) is 18.2 Å². The minimum atomic E-state index is 0.111. The van der Waals surface area contributed by atoms with Gasteiger partial charge in [0.2, 0.25) is 5.91 Å². The van der Waals surface area contributed by atoms with Gasteiger partial charge in [-0.25, -0.2) is 0 Å². The molecule has 1 aliphatic heterocycles. The van der Waals surface area contributed by atoms with E-state index in [2.05, 4.69) is 47.6 Å². The smallest absolute Gasteiger partial charge is 0.234 e. The highest BCUT2D eigenvalue weighted by atomic mass is 16.2. The first-order valence-corrected chi connectivity index (χ1v) is 6.91. The molecule has 1 heterocycles. The monoisotopic (exact) mass is 261 g/mol. The van der Waals surface area contributed by atoms with Crippen LogP contribution < -0.4 is 10.6 Å². The summed E-state index contributed by atoms with van der Waals surface area (Å²) in [5, 5.41) is 6.28. The molecular formula is C15H23N3O. The lowest BCUT2D eigenvalue weighted by molar-refractivity contribution is -0.122. The quantitative estimate of drug-likeness (QED) is 0.843. The van der Waals surface area contributed by atoms with Crippen LogP contribution in [0.3, 0.4) is 0 Å². The summed E-state index contributed by atoms with van der Waals surface area (Å²) < 4.78 is 0. The number of benzene rings is 1. The van der Waals surface area contributed by atoms with Crippen molar-refractivity contribution in [2.24, 2.45) is 0 Å². The normalized spacial score (nSPS) is 16.3. The van der Waals surface area contributed by atoms with Crippen LogP contribution in [0.1, 0.15) is 16.7 Å². The molecule has 1 saturated heterocycles. The molecule has 0 saturated carbocycles. The lowest BCUT2D eigenvalue weighted by atomic mass is 10.1. The van der Waals surface area contributed by atoms with Crippen molar-refractivity contribution < 1.29 is 4.79 Å². The molecule has 2 N–H and O–H groups in total. The van der Waals surface area contributed by atoms with Crippen LogP contribution in [-0.4, -0.2) is 43.5 Å². The van der Waals surface area contributed by atoms with Gasteiger partial charge in [0, 0.05) is 32.7 Å². The summed E-state index contributed by atoms with van der Waals surface area (Å²) in [6, 6.07) is 6.32. The van der Waals surface area contributed by atoms with Crippen LogP contribution in [0.4, 0.5) is 0 Å². The first kappa shape index (κ1) is 14.0. The molecule has 0 aromatic heterocycles. The number of carbonyl (C=O) groups excluding carboxylic acids is 1. The van der Waals surface area contributed by atoms with Crippen molar-refractivity contribution in [3.8, 4) is 0 Å². The molecule has 0 aliphatic carbocycles. The van der Waals surface area contributed by atoms with Crippen molar-refractivity contribution >= 4 is 5.91 Å². The Balaban J connectivity index is 1.77. The van der Waals surface area contributed by atoms with Gasteiger partial charge in [0.05, 0.1) is 6.54 Å². The molecule has 0 unspecified atom stereocenters. The van der Waals surface area contributed by atoms with Crippen LogP contribution >= 0.6 is 0 Å². The molecule has 2 rings (SSSR count). The minimum Gasteiger partial charge on any atom is -0.351 e. The topological polar surface area (TPSA) is 44.4 Å². The van der Waals surface area contributed by atoms with E-state index in [0.29, 0.717) is 13.1 Å². The van der Waals surface area contributed by atoms with Crippen molar-refractivity contribution in [3.05, 3.63) is 34.9 Å². The highest BCUT2D eigenvalue weighted by molar-refractivity contribution is 5.78. The van der Waals surface area contributed by atoms with Crippen molar-refractivity contribution in [2.45, 2.75) is 20.4 Å². The van der Waals surface area contributed by atoms with Crippen LogP contribution in [0.25, 0.3) is 0 Å². The van der Waals surface area contributed by atoms with Crippen LogP contribution in [0.5, 0.6) is 0 Å². The SMILES string of the molecule is Cc1ccc(CNC(=O)CN2CCNCC2)cc1C. The Labute approximate surface area is 115 Å². The number of hydrogen-bond acceptors (Lipinski definition) is 3. The van der Waals surface area contributed by atoms with Crippen molar-refractivity contribution in [2.75, 3.05) is 32.7 Å². The number of nitrogens with one attached hydrogen (secondary N) is 2. The molecule has 0 radical (unpaired) electrons. The lowest BCUT2D eigenvalue weighted by Crippen LogP contribution is -2.47. The highest BCUT2D eigenvalue weighted by Gasteiger charge is 2.12. The Morgan fingerprint density at radius 1 is 1.26 bits per heavy atom. The molecule has 104 valence electrons. The van der Waals surface area contributed by atoms with Crippen molar-refractivity contribution in [1.82, 2.24) is 15.5 Å². The fraction of sp³-hybridized carbons (Fsp3) is 0.533. The summed E-state index contributed by atoms with van der Waals surface area (Å²) in [7, 11) is 0. The number of nitrogens with zero attached hydrogens (tertiary/aromatic N) is 1. The molecule has 4 nitrogen and oxygen atoms in total. The van der Waals surface area contributed by atoms with E-state index in [-0.39, 0.29) is 5.91 Å². The van der Waals surface area contributed by atoms with Crippen LogP contribution in [-0.2, 0) is 11.3 Å². The average molecular weight is 261 g/mol. The Hall–Kier alpha value is -1.39. The molecule has 19 heavy (non-hydrogen) atoms. The average Bonchev–Trinajstić information content (AvgIpc) is 2.41. The second-order valence-corrected chi connectivity index (χ2v) is 5.22. The number of carbonyl (C=O) groups is 1. The third kappa shape index (κ3) is 4.33. The van der Waals surface area contributed by atoms with Crippen LogP contribution in [0.2, 0.25) is 0 Å². The molecule has 1 aromatic carbocycles. The van der Waals surface area contributed by atoms with E-state index in [1.807, 2.05) is 0 Å². The van der Waals surface area contributed by atoms with E-state index in [1.54, 1.807) is 0 Å². The number of piperazine rings is 1. The van der Waals surface area contributed by atoms with Crippen molar-refractivity contribution in [3.63, 3.8) is 0 Å². The van der Waals surface area contributed by atoms with Gasteiger partial charge in [0.1, 0.15) is 0 Å². The minimum absolute atomic E-state index is 0.111. The standard InChI is InChI=1S/C15H23N3O/c1-12-3-4-14(9-13(12)2)10-17-15(19)11-18-7-5-16-6-8-18/h3-4,9,16H,5-8,10-11H2,1-2H3,(H,17,19). The molecule has 0 spiro atoms. The summed E-state index contributed by atoms with van der Waals surface area (Å²) in [5.74, 6) is 0.111. The molecule has 1 aromatic rings. The first-order chi connectivity index (χ1) is 9.15. The second kappa shape index (κ2) is 6.68. The van der Waals surface area contributed by atoms with Gasteiger partial charge >= 0.3 is 0 Å². The number of amides is 1. The Morgan fingerprint density at radius 2 is 2.00 bits per heavy atom. The van der Waals surface area contributed by atoms with Gasteiger partial charge in [-0.3, -0.25) is 9.69 Å². The molecular weight excluding hydrogens is 238 g/mol. The zero-order valence-corrected chi connectivity index (χ0v) is 11.8. The fourth-order valence-electron chi connectivity index (χ4n) is 2.24. The summed E-state index contributed by atoms with van der Waals surface area (Å²) >= 11 is 0. The summed E-state index contributed by atoms with van der Waals surface area (Å²) in [5.41, 5.74) is 3.72. The van der Waals surface area contributed by atoms with Gasteiger partial charge in [-0.15, -0.1) is 0 Å². The number of hydrogen-bond donors (Lipinski definition) is 2. The fourth-order valence-corrected chi connectivity index (χ4v) is 2.24. The molecule has 4 heteroatoms. The molecule has 1 amide bonds. The van der Waals surface area contributed by atoms with E-state index in [4.69, 9.17) is 0 Å². The van der Waals surface area contributed by atoms with Crippen molar-refractivity contribution in [1.29, 1.82) is 0 Å².